The van der Waals surface area contributed by atoms with E-state index in [-0.39, 0.29) is 31.1 Å². The molecule has 0 aromatic heterocycles. The monoisotopic (exact) mass is 1090 g/mol. The van der Waals surface area contributed by atoms with Gasteiger partial charge in [-0.1, -0.05) is 270 Å². The van der Waals surface area contributed by atoms with E-state index in [9.17, 15) is 14.4 Å². The van der Waals surface area contributed by atoms with Gasteiger partial charge in [0, 0.05) is 19.3 Å². The Labute approximate surface area is 487 Å². The van der Waals surface area contributed by atoms with Crippen molar-refractivity contribution in [1.82, 2.24) is 0 Å². The minimum absolute atomic E-state index is 0.100. The number of hydrogen-bond donors (Lipinski definition) is 0. The Balaban J connectivity index is 4.43. The Hall–Kier alpha value is -4.45. The molecule has 0 heterocycles. The maximum absolute atomic E-state index is 12.9. The van der Waals surface area contributed by atoms with Gasteiger partial charge in [-0.25, -0.2) is 0 Å². The summed E-state index contributed by atoms with van der Waals surface area (Å²) in [6.45, 7) is 6.37. The van der Waals surface area contributed by atoms with E-state index in [2.05, 4.69) is 154 Å². The van der Waals surface area contributed by atoms with Gasteiger partial charge < -0.3 is 14.2 Å². The molecule has 0 aromatic rings. The normalized spacial score (nSPS) is 13.0. The average Bonchev–Trinajstić information content (AvgIpc) is 3.45. The highest BCUT2D eigenvalue weighted by Crippen LogP contribution is 2.15. The number of carbonyl (C=O) groups excluding carboxylic acids is 3. The average molecular weight is 1090 g/mol. The predicted molar refractivity (Wildman–Crippen MR) is 343 cm³/mol. The standard InChI is InChI=1S/C73H120O6/c1-4-7-10-13-16-19-22-25-28-30-32-34-36-38-40-42-45-48-51-54-57-60-63-66-72(75)78-69-70(68-77-71(74)65-62-59-56-53-50-47-44-27-24-21-18-15-12-9-6-3)79-73(76)67-64-61-58-55-52-49-46-43-41-39-37-35-33-31-29-26-23-20-17-14-11-8-5-2/h7,9-10,12,16,18-19,21,23,25-28,31-34,37,39,44,50,53,70H,4-6,8,11,13-15,17,20,22,24,29-30,35-36,38,40-43,45-49,51-52,54-69H2,1-3H3/b10-7-,12-9-,19-16-,21-18-,26-23-,28-25-,33-31-,34-32-,39-37-,44-27-,53-50-. The van der Waals surface area contributed by atoms with E-state index in [0.717, 1.165) is 128 Å². The van der Waals surface area contributed by atoms with Crippen LogP contribution in [0.5, 0.6) is 0 Å². The first-order valence-electron chi connectivity index (χ1n) is 32.7. The van der Waals surface area contributed by atoms with Gasteiger partial charge in [-0.2, -0.15) is 0 Å². The van der Waals surface area contributed by atoms with Crippen LogP contribution in [0.1, 0.15) is 290 Å². The largest absolute Gasteiger partial charge is 0.462 e. The van der Waals surface area contributed by atoms with Crippen LogP contribution in [-0.4, -0.2) is 37.2 Å². The summed E-state index contributed by atoms with van der Waals surface area (Å²) in [4.78, 5) is 38.4. The Morgan fingerprint density at radius 1 is 0.266 bits per heavy atom. The molecular weight excluding hydrogens is 973 g/mol. The van der Waals surface area contributed by atoms with Crippen molar-refractivity contribution in [1.29, 1.82) is 0 Å². The summed E-state index contributed by atoms with van der Waals surface area (Å²) in [5, 5.41) is 0. The highest BCUT2D eigenvalue weighted by Gasteiger charge is 2.19. The van der Waals surface area contributed by atoms with Gasteiger partial charge in [-0.3, -0.25) is 14.4 Å². The van der Waals surface area contributed by atoms with E-state index < -0.39 is 6.10 Å². The first kappa shape index (κ1) is 74.5. The van der Waals surface area contributed by atoms with Gasteiger partial charge in [-0.05, 0) is 135 Å². The Morgan fingerprint density at radius 2 is 0.494 bits per heavy atom. The van der Waals surface area contributed by atoms with Gasteiger partial charge in [0.15, 0.2) is 6.10 Å². The van der Waals surface area contributed by atoms with Crippen LogP contribution < -0.4 is 0 Å². The van der Waals surface area contributed by atoms with Crippen LogP contribution in [0, 0.1) is 0 Å². The second-order valence-electron chi connectivity index (χ2n) is 21.3. The van der Waals surface area contributed by atoms with Gasteiger partial charge in [0.05, 0.1) is 0 Å². The van der Waals surface area contributed by atoms with Crippen LogP contribution in [0.4, 0.5) is 0 Å². The summed E-state index contributed by atoms with van der Waals surface area (Å²) >= 11 is 0. The summed E-state index contributed by atoms with van der Waals surface area (Å²) in [5.74, 6) is -0.951. The lowest BCUT2D eigenvalue weighted by molar-refractivity contribution is -0.167. The fourth-order valence-corrected chi connectivity index (χ4v) is 8.79. The van der Waals surface area contributed by atoms with Crippen molar-refractivity contribution in [3.8, 4) is 0 Å². The topological polar surface area (TPSA) is 78.9 Å². The van der Waals surface area contributed by atoms with Crippen molar-refractivity contribution in [3.05, 3.63) is 134 Å². The SMILES string of the molecule is CC/C=C\C/C=C\C/C=C\C/C=C\CCCCCCCCCCCCC(=O)OCC(COC(=O)CCCC/C=C\C/C=C\C/C=C\C/C=C\CC)OC(=O)CCCCCCCCCC/C=C\C/C=C\C/C=C\CCCCCCC. The third kappa shape index (κ3) is 64.3. The lowest BCUT2D eigenvalue weighted by Gasteiger charge is -2.18. The van der Waals surface area contributed by atoms with Crippen molar-refractivity contribution in [2.75, 3.05) is 13.2 Å². The first-order valence-corrected chi connectivity index (χ1v) is 32.7. The molecule has 0 aliphatic rings. The van der Waals surface area contributed by atoms with Crippen molar-refractivity contribution in [2.24, 2.45) is 0 Å². The van der Waals surface area contributed by atoms with Crippen LogP contribution in [0.25, 0.3) is 0 Å². The number of unbranched alkanes of at least 4 members (excludes halogenated alkanes) is 25. The van der Waals surface area contributed by atoms with E-state index in [0.29, 0.717) is 19.3 Å². The van der Waals surface area contributed by atoms with E-state index in [1.165, 1.54) is 122 Å². The summed E-state index contributed by atoms with van der Waals surface area (Å²) in [5.41, 5.74) is 0. The second-order valence-corrected chi connectivity index (χ2v) is 21.3. The van der Waals surface area contributed by atoms with Crippen LogP contribution in [0.3, 0.4) is 0 Å². The third-order valence-electron chi connectivity index (χ3n) is 13.6. The molecule has 0 aliphatic carbocycles. The molecule has 6 nitrogen and oxygen atoms in total. The molecule has 0 spiro atoms. The predicted octanol–water partition coefficient (Wildman–Crippen LogP) is 22.5. The number of carbonyl (C=O) groups is 3. The number of esters is 3. The Kier molecular flexibility index (Phi) is 62.3. The molecule has 0 radical (unpaired) electrons. The molecule has 0 saturated carbocycles. The third-order valence-corrected chi connectivity index (χ3v) is 13.6. The molecule has 0 fully saturated rings. The highest BCUT2D eigenvalue weighted by atomic mass is 16.6. The molecule has 0 aromatic carbocycles. The fraction of sp³-hybridized carbons (Fsp3) is 0.658. The molecule has 1 unspecified atom stereocenters. The van der Waals surface area contributed by atoms with Gasteiger partial charge in [0.2, 0.25) is 0 Å². The minimum atomic E-state index is -0.808. The van der Waals surface area contributed by atoms with Crippen LogP contribution in [-0.2, 0) is 28.6 Å². The molecule has 0 bridgehead atoms. The van der Waals surface area contributed by atoms with Gasteiger partial charge in [0.1, 0.15) is 13.2 Å². The van der Waals surface area contributed by atoms with Crippen LogP contribution >= 0.6 is 0 Å². The molecule has 0 N–H and O–H groups in total. The summed E-state index contributed by atoms with van der Waals surface area (Å²) in [6, 6.07) is 0. The van der Waals surface area contributed by atoms with E-state index in [1.807, 2.05) is 0 Å². The summed E-state index contributed by atoms with van der Waals surface area (Å²) < 4.78 is 16.9. The number of hydrogen-bond acceptors (Lipinski definition) is 6. The smallest absolute Gasteiger partial charge is 0.306 e. The van der Waals surface area contributed by atoms with Crippen molar-refractivity contribution in [2.45, 2.75) is 297 Å². The van der Waals surface area contributed by atoms with Crippen molar-refractivity contribution >= 4 is 17.9 Å². The van der Waals surface area contributed by atoms with Gasteiger partial charge in [0.25, 0.3) is 0 Å². The fourth-order valence-electron chi connectivity index (χ4n) is 8.79. The lowest BCUT2D eigenvalue weighted by atomic mass is 10.1. The Bertz CT molecular complexity index is 1680. The zero-order chi connectivity index (χ0) is 57.1. The maximum Gasteiger partial charge on any atom is 0.306 e. The molecule has 0 aliphatic heterocycles. The van der Waals surface area contributed by atoms with Gasteiger partial charge in [-0.15, -0.1) is 0 Å². The number of ether oxygens (including phenoxy) is 3. The maximum atomic E-state index is 12.9. The highest BCUT2D eigenvalue weighted by molar-refractivity contribution is 5.71. The lowest BCUT2D eigenvalue weighted by Crippen LogP contribution is -2.30. The molecule has 0 rings (SSSR count). The number of allylic oxidation sites excluding steroid dienone is 22. The molecular formula is C73H120O6. The van der Waals surface area contributed by atoms with Crippen LogP contribution in [0.2, 0.25) is 0 Å². The zero-order valence-corrected chi connectivity index (χ0v) is 51.3. The first-order chi connectivity index (χ1) is 39.0. The van der Waals surface area contributed by atoms with Crippen molar-refractivity contribution in [3.63, 3.8) is 0 Å². The molecule has 448 valence electrons. The van der Waals surface area contributed by atoms with Crippen molar-refractivity contribution < 1.29 is 28.6 Å². The zero-order valence-electron chi connectivity index (χ0n) is 51.3. The Morgan fingerprint density at radius 3 is 0.797 bits per heavy atom. The molecule has 0 amide bonds. The molecule has 1 atom stereocenters. The molecule has 6 heteroatoms. The van der Waals surface area contributed by atoms with Crippen LogP contribution in [0.15, 0.2) is 134 Å². The molecule has 79 heavy (non-hydrogen) atoms. The van der Waals surface area contributed by atoms with E-state index >= 15 is 0 Å². The minimum Gasteiger partial charge on any atom is -0.462 e. The number of rotatable bonds is 58. The van der Waals surface area contributed by atoms with Gasteiger partial charge >= 0.3 is 17.9 Å². The van der Waals surface area contributed by atoms with E-state index in [1.54, 1.807) is 0 Å². The summed E-state index contributed by atoms with van der Waals surface area (Å²) in [6.07, 6.45) is 93.1. The second kappa shape index (κ2) is 66.1. The molecule has 0 saturated heterocycles. The van der Waals surface area contributed by atoms with E-state index in [4.69, 9.17) is 14.2 Å². The quantitative estimate of drug-likeness (QED) is 0.0261. The summed E-state index contributed by atoms with van der Waals surface area (Å²) in [7, 11) is 0.